The number of alkyl halides is 3. The molecule has 0 saturated carbocycles. The quantitative estimate of drug-likeness (QED) is 0.552. The smallest absolute Gasteiger partial charge is 0.348 e. The first kappa shape index (κ1) is 27.5. The van der Waals surface area contributed by atoms with Gasteiger partial charge in [-0.25, -0.2) is 12.8 Å². The minimum Gasteiger partial charge on any atom is -0.348 e. The number of likely N-dealkylation sites (tertiary alicyclic amines) is 1. The molecule has 0 bridgehead atoms. The van der Waals surface area contributed by atoms with Crippen LogP contribution < -0.4 is 5.32 Å². The van der Waals surface area contributed by atoms with E-state index < -0.39 is 62.3 Å². The summed E-state index contributed by atoms with van der Waals surface area (Å²) >= 11 is 0. The molecule has 2 aromatic carbocycles. The Hall–Kier alpha value is -3.50. The first-order valence-electron chi connectivity index (χ1n) is 11.8. The van der Waals surface area contributed by atoms with Gasteiger partial charge in [-0.3, -0.25) is 9.59 Å². The normalized spacial score (nSPS) is 19.5. The topological polar surface area (TPSA) is 111 Å². The van der Waals surface area contributed by atoms with Gasteiger partial charge in [0.05, 0.1) is 28.5 Å². The Morgan fingerprint density at radius 2 is 1.79 bits per heavy atom. The molecule has 0 radical (unpaired) electrons. The molecule has 2 aliphatic rings. The fourth-order valence-corrected chi connectivity index (χ4v) is 6.09. The van der Waals surface area contributed by atoms with Gasteiger partial charge in [0.25, 0.3) is 5.91 Å². The van der Waals surface area contributed by atoms with Crippen molar-refractivity contribution in [3.05, 3.63) is 65.0 Å². The van der Waals surface area contributed by atoms with E-state index in [0.717, 1.165) is 34.6 Å². The van der Waals surface area contributed by atoms with Gasteiger partial charge in [0.1, 0.15) is 11.9 Å². The Kier molecular flexibility index (Phi) is 7.49. The summed E-state index contributed by atoms with van der Waals surface area (Å²) in [6.07, 6.45) is -3.70. The number of carbonyl (C=O) groups is 2. The second kappa shape index (κ2) is 10.3. The van der Waals surface area contributed by atoms with Crippen LogP contribution in [0.4, 0.5) is 17.6 Å². The van der Waals surface area contributed by atoms with Crippen LogP contribution in [0.25, 0.3) is 0 Å². The summed E-state index contributed by atoms with van der Waals surface area (Å²) in [4.78, 5) is 27.1. The average Bonchev–Trinajstić information content (AvgIpc) is 3.32. The third-order valence-corrected chi connectivity index (χ3v) is 8.51. The number of sulfonamides is 1. The lowest BCUT2D eigenvalue weighted by molar-refractivity contribution is -0.137. The van der Waals surface area contributed by atoms with Gasteiger partial charge in [0, 0.05) is 25.2 Å². The molecular formula is C25H24F4N4O4S. The molecule has 2 amide bonds. The fourth-order valence-electron chi connectivity index (χ4n) is 4.50. The minimum absolute atomic E-state index is 0.0237. The van der Waals surface area contributed by atoms with Crippen LogP contribution in [-0.2, 0) is 21.0 Å². The maximum Gasteiger partial charge on any atom is 0.416 e. The number of rotatable bonds is 6. The molecule has 0 spiro atoms. The summed E-state index contributed by atoms with van der Waals surface area (Å²) < 4.78 is 79.5. The van der Waals surface area contributed by atoms with Crippen molar-refractivity contribution >= 4 is 21.8 Å². The zero-order chi connectivity index (χ0) is 27.8. The standard InChI is InChI=1S/C25H24F4N4O4S/c1-15(17-4-6-19(7-5-17)25(27,28)29)31-23(34)22-3-2-8-33(22)24(35)18-9-20(26)11-21(10-18)38(36,37)32-13-16(12-30)14-32/h4-7,9-11,15-16,22H,2-3,8,13-14H2,1H3,(H,31,34)/t15-,22-/m1/s1. The summed E-state index contributed by atoms with van der Waals surface area (Å²) in [5, 5.41) is 11.6. The summed E-state index contributed by atoms with van der Waals surface area (Å²) in [5.41, 5.74) is -0.619. The second-order valence-electron chi connectivity index (χ2n) is 9.33. The lowest BCUT2D eigenvalue weighted by atomic mass is 10.0. The predicted octanol–water partition coefficient (Wildman–Crippen LogP) is 3.47. The van der Waals surface area contributed by atoms with Crippen LogP contribution in [0.5, 0.6) is 0 Å². The van der Waals surface area contributed by atoms with Gasteiger partial charge in [0.2, 0.25) is 15.9 Å². The number of nitriles is 1. The Morgan fingerprint density at radius 1 is 1.13 bits per heavy atom. The Labute approximate surface area is 216 Å². The average molecular weight is 553 g/mol. The summed E-state index contributed by atoms with van der Waals surface area (Å²) in [7, 11) is -4.11. The molecule has 0 aromatic heterocycles. The van der Waals surface area contributed by atoms with Gasteiger partial charge in [-0.2, -0.15) is 22.7 Å². The first-order valence-corrected chi connectivity index (χ1v) is 13.2. The highest BCUT2D eigenvalue weighted by Gasteiger charge is 2.39. The van der Waals surface area contributed by atoms with E-state index in [1.165, 1.54) is 17.0 Å². The maximum atomic E-state index is 14.4. The number of nitrogens with one attached hydrogen (secondary N) is 1. The van der Waals surface area contributed by atoms with Crippen molar-refractivity contribution < 1.29 is 35.6 Å². The highest BCUT2D eigenvalue weighted by atomic mass is 32.2. The maximum absolute atomic E-state index is 14.4. The van der Waals surface area contributed by atoms with Crippen molar-refractivity contribution in [2.75, 3.05) is 19.6 Å². The Balaban J connectivity index is 1.48. The lowest BCUT2D eigenvalue weighted by Gasteiger charge is -2.34. The Morgan fingerprint density at radius 3 is 2.39 bits per heavy atom. The number of carbonyl (C=O) groups excluding carboxylic acids is 2. The highest BCUT2D eigenvalue weighted by Crippen LogP contribution is 2.31. The first-order chi connectivity index (χ1) is 17.8. The zero-order valence-electron chi connectivity index (χ0n) is 20.2. The molecule has 0 aliphatic carbocycles. The largest absolute Gasteiger partial charge is 0.416 e. The van der Waals surface area contributed by atoms with Crippen LogP contribution in [0.3, 0.4) is 0 Å². The number of hydrogen-bond donors (Lipinski definition) is 1. The third-order valence-electron chi connectivity index (χ3n) is 6.70. The number of hydrogen-bond acceptors (Lipinski definition) is 5. The monoisotopic (exact) mass is 552 g/mol. The van der Waals surface area contributed by atoms with Crippen LogP contribution in [0.15, 0.2) is 47.4 Å². The number of benzene rings is 2. The van der Waals surface area contributed by atoms with Crippen molar-refractivity contribution in [2.24, 2.45) is 5.92 Å². The number of halogens is 4. The second-order valence-corrected chi connectivity index (χ2v) is 11.3. The molecule has 2 atom stereocenters. The molecule has 2 fully saturated rings. The number of nitrogens with zero attached hydrogens (tertiary/aromatic N) is 3. The van der Waals surface area contributed by atoms with Crippen LogP contribution in [0, 0.1) is 23.1 Å². The molecule has 0 unspecified atom stereocenters. The van der Waals surface area contributed by atoms with Crippen molar-refractivity contribution in [3.63, 3.8) is 0 Å². The zero-order valence-corrected chi connectivity index (χ0v) is 21.0. The van der Waals surface area contributed by atoms with E-state index in [4.69, 9.17) is 5.26 Å². The SMILES string of the molecule is C[C@@H](NC(=O)[C@H]1CCCN1C(=O)c1cc(F)cc(S(=O)(=O)N2CC(C#N)C2)c1)c1ccc(C(F)(F)F)cc1. The van der Waals surface area contributed by atoms with Gasteiger partial charge in [-0.15, -0.1) is 0 Å². The van der Waals surface area contributed by atoms with E-state index in [-0.39, 0.29) is 25.2 Å². The third kappa shape index (κ3) is 5.51. The van der Waals surface area contributed by atoms with E-state index in [9.17, 15) is 35.6 Å². The van der Waals surface area contributed by atoms with Gasteiger partial charge in [-0.1, -0.05) is 12.1 Å². The van der Waals surface area contributed by atoms with Gasteiger partial charge >= 0.3 is 6.18 Å². The fraction of sp³-hybridized carbons (Fsp3) is 0.400. The number of amides is 2. The molecule has 38 heavy (non-hydrogen) atoms. The van der Waals surface area contributed by atoms with E-state index >= 15 is 0 Å². The van der Waals surface area contributed by atoms with Crippen LogP contribution in [0.1, 0.15) is 47.3 Å². The summed E-state index contributed by atoms with van der Waals surface area (Å²) in [6.45, 7) is 1.73. The van der Waals surface area contributed by atoms with E-state index in [0.29, 0.717) is 18.4 Å². The molecule has 1 N–H and O–H groups in total. The van der Waals surface area contributed by atoms with Crippen molar-refractivity contribution in [3.8, 4) is 6.07 Å². The van der Waals surface area contributed by atoms with Gasteiger partial charge < -0.3 is 10.2 Å². The highest BCUT2D eigenvalue weighted by molar-refractivity contribution is 7.89. The van der Waals surface area contributed by atoms with Crippen molar-refractivity contribution in [1.29, 1.82) is 5.26 Å². The van der Waals surface area contributed by atoms with Crippen molar-refractivity contribution in [2.45, 2.75) is 42.9 Å². The van der Waals surface area contributed by atoms with Crippen LogP contribution in [0.2, 0.25) is 0 Å². The Bertz CT molecular complexity index is 1380. The van der Waals surface area contributed by atoms with E-state index in [1.807, 2.05) is 6.07 Å². The molecule has 202 valence electrons. The van der Waals surface area contributed by atoms with Crippen LogP contribution in [-0.4, -0.2) is 55.1 Å². The van der Waals surface area contributed by atoms with Gasteiger partial charge in [0.15, 0.2) is 0 Å². The molecule has 4 rings (SSSR count). The van der Waals surface area contributed by atoms with E-state index in [2.05, 4.69) is 5.32 Å². The summed E-state index contributed by atoms with van der Waals surface area (Å²) in [6, 6.07) is 7.49. The minimum atomic E-state index is -4.49. The molecule has 2 saturated heterocycles. The predicted molar refractivity (Wildman–Crippen MR) is 126 cm³/mol. The summed E-state index contributed by atoms with van der Waals surface area (Å²) in [5.74, 6) is -2.65. The van der Waals surface area contributed by atoms with Crippen molar-refractivity contribution in [1.82, 2.24) is 14.5 Å². The molecular weight excluding hydrogens is 528 g/mol. The molecule has 13 heteroatoms. The molecule has 2 aliphatic heterocycles. The molecule has 2 aromatic rings. The van der Waals surface area contributed by atoms with Crippen LogP contribution >= 0.6 is 0 Å². The van der Waals surface area contributed by atoms with Gasteiger partial charge in [-0.05, 0) is 55.7 Å². The molecule has 8 nitrogen and oxygen atoms in total. The lowest BCUT2D eigenvalue weighted by Crippen LogP contribution is -2.49. The molecule has 2 heterocycles. The van der Waals surface area contributed by atoms with E-state index in [1.54, 1.807) is 6.92 Å².